The minimum absolute atomic E-state index is 0. The van der Waals surface area contributed by atoms with Gasteiger partial charge in [0.05, 0.1) is 12.3 Å². The molecule has 0 saturated carbocycles. The molecule has 1 aromatic heterocycles. The fraction of sp³-hybridized carbons (Fsp3) is 0.778. The molecule has 0 atom stereocenters. The Hall–Kier alpha value is -0.870. The molecule has 0 bridgehead atoms. The molecule has 152 valence electrons. The SMILES string of the molecule is CCNC(=NCc1cc(C(CC)CC)no1)NCCN(C)CCOC.I. The lowest BCUT2D eigenvalue weighted by molar-refractivity contribution is 0.162. The van der Waals surface area contributed by atoms with Crippen molar-refractivity contribution in [1.29, 1.82) is 0 Å². The Morgan fingerprint density at radius 1 is 1.27 bits per heavy atom. The smallest absolute Gasteiger partial charge is 0.191 e. The van der Waals surface area contributed by atoms with Crippen LogP contribution >= 0.6 is 24.0 Å². The zero-order valence-electron chi connectivity index (χ0n) is 16.9. The van der Waals surface area contributed by atoms with Gasteiger partial charge in [-0.05, 0) is 26.8 Å². The lowest BCUT2D eigenvalue weighted by Crippen LogP contribution is -2.41. The third-order valence-electron chi connectivity index (χ3n) is 4.18. The zero-order valence-corrected chi connectivity index (χ0v) is 19.2. The minimum atomic E-state index is 0. The first kappa shape index (κ1) is 25.1. The van der Waals surface area contributed by atoms with E-state index in [2.05, 4.69) is 53.5 Å². The van der Waals surface area contributed by atoms with Crippen LogP contribution in [0.3, 0.4) is 0 Å². The lowest BCUT2D eigenvalue weighted by Gasteiger charge is -2.17. The van der Waals surface area contributed by atoms with E-state index in [-0.39, 0.29) is 24.0 Å². The van der Waals surface area contributed by atoms with Crippen LogP contribution in [0.5, 0.6) is 0 Å². The van der Waals surface area contributed by atoms with Gasteiger partial charge in [-0.2, -0.15) is 0 Å². The molecule has 7 nitrogen and oxygen atoms in total. The Labute approximate surface area is 175 Å². The van der Waals surface area contributed by atoms with Crippen LogP contribution in [0.25, 0.3) is 0 Å². The van der Waals surface area contributed by atoms with E-state index in [1.807, 2.05) is 6.07 Å². The number of aliphatic imine (C=N–C) groups is 1. The average Bonchev–Trinajstić information content (AvgIpc) is 3.07. The monoisotopic (exact) mass is 481 g/mol. The molecule has 0 amide bonds. The maximum atomic E-state index is 5.43. The summed E-state index contributed by atoms with van der Waals surface area (Å²) in [5, 5.41) is 10.8. The predicted octanol–water partition coefficient (Wildman–Crippen LogP) is 2.83. The highest BCUT2D eigenvalue weighted by molar-refractivity contribution is 14.0. The summed E-state index contributed by atoms with van der Waals surface area (Å²) in [6.07, 6.45) is 2.15. The minimum Gasteiger partial charge on any atom is -0.383 e. The van der Waals surface area contributed by atoms with E-state index in [1.165, 1.54) is 0 Å². The highest BCUT2D eigenvalue weighted by Gasteiger charge is 2.12. The number of methoxy groups -OCH3 is 1. The zero-order chi connectivity index (χ0) is 18.5. The highest BCUT2D eigenvalue weighted by Crippen LogP contribution is 2.22. The first-order valence-electron chi connectivity index (χ1n) is 9.29. The normalized spacial score (nSPS) is 11.7. The molecule has 26 heavy (non-hydrogen) atoms. The van der Waals surface area contributed by atoms with Crippen molar-refractivity contribution in [1.82, 2.24) is 20.7 Å². The first-order valence-corrected chi connectivity index (χ1v) is 9.29. The lowest BCUT2D eigenvalue weighted by atomic mass is 9.99. The molecule has 0 aliphatic heterocycles. The molecular weight excluding hydrogens is 445 g/mol. The number of ether oxygens (including phenoxy) is 1. The second kappa shape index (κ2) is 15.2. The fourth-order valence-corrected chi connectivity index (χ4v) is 2.53. The van der Waals surface area contributed by atoms with E-state index in [0.717, 1.165) is 63.0 Å². The standard InChI is InChI=1S/C18H35N5O2.HI/c1-6-15(7-2)17-13-16(25-22-17)14-21-18(19-8-3)20-9-10-23(4)11-12-24-5;/h13,15H,6-12,14H2,1-5H3,(H2,19,20,21);1H. The first-order chi connectivity index (χ1) is 12.1. The van der Waals surface area contributed by atoms with Gasteiger partial charge in [-0.15, -0.1) is 24.0 Å². The van der Waals surface area contributed by atoms with Gasteiger partial charge in [0.1, 0.15) is 6.54 Å². The summed E-state index contributed by atoms with van der Waals surface area (Å²) in [6, 6.07) is 2.03. The third-order valence-corrected chi connectivity index (χ3v) is 4.18. The van der Waals surface area contributed by atoms with Crippen molar-refractivity contribution in [3.8, 4) is 0 Å². The van der Waals surface area contributed by atoms with Crippen molar-refractivity contribution < 1.29 is 9.26 Å². The van der Waals surface area contributed by atoms with Gasteiger partial charge in [0, 0.05) is 45.3 Å². The van der Waals surface area contributed by atoms with Crippen LogP contribution in [0.2, 0.25) is 0 Å². The highest BCUT2D eigenvalue weighted by atomic mass is 127. The second-order valence-corrected chi connectivity index (χ2v) is 6.15. The van der Waals surface area contributed by atoms with Gasteiger partial charge >= 0.3 is 0 Å². The number of nitrogens with zero attached hydrogens (tertiary/aromatic N) is 3. The second-order valence-electron chi connectivity index (χ2n) is 6.15. The molecule has 2 N–H and O–H groups in total. The van der Waals surface area contributed by atoms with Gasteiger partial charge in [-0.3, -0.25) is 0 Å². The average molecular weight is 481 g/mol. The summed E-state index contributed by atoms with van der Waals surface area (Å²) in [5.41, 5.74) is 1.04. The predicted molar refractivity (Wildman–Crippen MR) is 117 cm³/mol. The topological polar surface area (TPSA) is 74.9 Å². The van der Waals surface area contributed by atoms with Gasteiger partial charge in [-0.1, -0.05) is 19.0 Å². The van der Waals surface area contributed by atoms with Gasteiger partial charge in [0.15, 0.2) is 11.7 Å². The van der Waals surface area contributed by atoms with E-state index < -0.39 is 0 Å². The van der Waals surface area contributed by atoms with E-state index in [4.69, 9.17) is 9.26 Å². The number of nitrogens with one attached hydrogen (secondary N) is 2. The van der Waals surface area contributed by atoms with E-state index in [1.54, 1.807) is 7.11 Å². The van der Waals surface area contributed by atoms with Crippen molar-refractivity contribution in [2.24, 2.45) is 4.99 Å². The number of hydrogen-bond donors (Lipinski definition) is 2. The Morgan fingerprint density at radius 3 is 2.62 bits per heavy atom. The van der Waals surface area contributed by atoms with Gasteiger partial charge in [-0.25, -0.2) is 4.99 Å². The molecule has 0 radical (unpaired) electrons. The number of hydrogen-bond acceptors (Lipinski definition) is 5. The van der Waals surface area contributed by atoms with Crippen LogP contribution < -0.4 is 10.6 Å². The summed E-state index contributed by atoms with van der Waals surface area (Å²) in [4.78, 5) is 6.81. The van der Waals surface area contributed by atoms with Crippen LogP contribution in [-0.4, -0.2) is 63.0 Å². The molecule has 1 aromatic rings. The summed E-state index contributed by atoms with van der Waals surface area (Å²) >= 11 is 0. The Morgan fingerprint density at radius 2 is 2.00 bits per heavy atom. The van der Waals surface area contributed by atoms with Gasteiger partial charge in [0.2, 0.25) is 0 Å². The molecule has 0 fully saturated rings. The van der Waals surface area contributed by atoms with Crippen LogP contribution in [-0.2, 0) is 11.3 Å². The van der Waals surface area contributed by atoms with Crippen molar-refractivity contribution in [3.63, 3.8) is 0 Å². The van der Waals surface area contributed by atoms with E-state index in [9.17, 15) is 0 Å². The summed E-state index contributed by atoms with van der Waals surface area (Å²) < 4.78 is 10.5. The Kier molecular flexibility index (Phi) is 14.7. The van der Waals surface area contributed by atoms with Crippen molar-refractivity contribution in [3.05, 3.63) is 17.5 Å². The molecule has 0 saturated heterocycles. The number of halogens is 1. The molecular formula is C18H36IN5O2. The van der Waals surface area contributed by atoms with Crippen molar-refractivity contribution in [2.75, 3.05) is 46.9 Å². The quantitative estimate of drug-likeness (QED) is 0.272. The van der Waals surface area contributed by atoms with Crippen LogP contribution in [0, 0.1) is 0 Å². The molecule has 1 rings (SSSR count). The summed E-state index contributed by atoms with van der Waals surface area (Å²) in [6.45, 7) is 11.1. The van der Waals surface area contributed by atoms with Gasteiger partial charge in [0.25, 0.3) is 0 Å². The van der Waals surface area contributed by atoms with E-state index >= 15 is 0 Å². The Bertz CT molecular complexity index is 492. The molecule has 0 aliphatic rings. The van der Waals surface area contributed by atoms with Gasteiger partial charge < -0.3 is 24.8 Å². The maximum absolute atomic E-state index is 5.43. The summed E-state index contributed by atoms with van der Waals surface area (Å²) in [5.74, 6) is 2.06. The Balaban J connectivity index is 0.00000625. The number of aromatic nitrogens is 1. The van der Waals surface area contributed by atoms with E-state index in [0.29, 0.717) is 12.5 Å². The number of rotatable bonds is 12. The van der Waals surface area contributed by atoms with Crippen molar-refractivity contribution in [2.45, 2.75) is 46.1 Å². The molecule has 0 unspecified atom stereocenters. The van der Waals surface area contributed by atoms with Crippen molar-refractivity contribution >= 4 is 29.9 Å². The fourth-order valence-electron chi connectivity index (χ4n) is 2.53. The molecule has 8 heteroatoms. The molecule has 0 aliphatic carbocycles. The number of guanidine groups is 1. The maximum Gasteiger partial charge on any atom is 0.191 e. The molecule has 0 aromatic carbocycles. The van der Waals surface area contributed by atoms with Crippen LogP contribution in [0.4, 0.5) is 0 Å². The molecule has 0 spiro atoms. The summed E-state index contributed by atoms with van der Waals surface area (Å²) in [7, 11) is 3.80. The third kappa shape index (κ3) is 9.72. The van der Waals surface area contributed by atoms with Crippen LogP contribution in [0.1, 0.15) is 51.0 Å². The van der Waals surface area contributed by atoms with Crippen LogP contribution in [0.15, 0.2) is 15.6 Å². The largest absolute Gasteiger partial charge is 0.383 e. The molecule has 1 heterocycles. The number of likely N-dealkylation sites (N-methyl/N-ethyl adjacent to an activating group) is 1.